The van der Waals surface area contributed by atoms with E-state index < -0.39 is 11.9 Å². The first kappa shape index (κ1) is 12.4. The number of hydrogen-bond acceptors (Lipinski definition) is 2. The molecular weight excluding hydrogens is 184 g/mol. The number of hydrogen-bond donors (Lipinski definition) is 2. The van der Waals surface area contributed by atoms with Gasteiger partial charge in [-0.25, -0.2) is 9.59 Å². The summed E-state index contributed by atoms with van der Waals surface area (Å²) in [7, 11) is 0. The zero-order chi connectivity index (χ0) is 11.3. The second-order valence-corrected chi connectivity index (χ2v) is 3.24. The number of rotatable bonds is 4. The van der Waals surface area contributed by atoms with Gasteiger partial charge in [-0.1, -0.05) is 26.0 Å². The van der Waals surface area contributed by atoms with Crippen LogP contribution in [0, 0.1) is 5.92 Å². The lowest BCUT2D eigenvalue weighted by molar-refractivity contribution is -0.134. The Bertz CT molecular complexity index is 297. The molecule has 0 rings (SSSR count). The topological polar surface area (TPSA) is 74.6 Å². The first-order valence-electron chi connectivity index (χ1n) is 4.21. The molecule has 0 heterocycles. The molecule has 78 valence electrons. The predicted octanol–water partition coefficient (Wildman–Crippen LogP) is 1.68. The molecule has 0 aliphatic rings. The summed E-state index contributed by atoms with van der Waals surface area (Å²) in [6.45, 7) is 4.90. The minimum absolute atomic E-state index is 0.115. The van der Waals surface area contributed by atoms with Gasteiger partial charge in [0.05, 0.1) is 0 Å². The maximum atomic E-state index is 10.7. The van der Waals surface area contributed by atoms with Gasteiger partial charge in [-0.05, 0) is 12.8 Å². The van der Waals surface area contributed by atoms with Crippen molar-refractivity contribution in [2.75, 3.05) is 0 Å². The fraction of sp³-hybridized carbons (Fsp3) is 0.400. The molecule has 0 fully saturated rings. The van der Waals surface area contributed by atoms with E-state index in [9.17, 15) is 9.59 Å². The second-order valence-electron chi connectivity index (χ2n) is 3.24. The lowest BCUT2D eigenvalue weighted by Crippen LogP contribution is -2.06. The van der Waals surface area contributed by atoms with E-state index >= 15 is 0 Å². The van der Waals surface area contributed by atoms with Crippen LogP contribution in [0.25, 0.3) is 0 Å². The molecule has 0 aromatic heterocycles. The van der Waals surface area contributed by atoms with Crippen molar-refractivity contribution in [3.05, 3.63) is 23.3 Å². The number of aliphatic carboxylic acids is 2. The van der Waals surface area contributed by atoms with Gasteiger partial charge < -0.3 is 10.2 Å². The Kier molecular flexibility index (Phi) is 4.63. The monoisotopic (exact) mass is 198 g/mol. The number of carbonyl (C=O) groups is 2. The highest BCUT2D eigenvalue weighted by Gasteiger charge is 2.10. The van der Waals surface area contributed by atoms with Gasteiger partial charge in [-0.2, -0.15) is 0 Å². The fourth-order valence-corrected chi connectivity index (χ4v) is 0.797. The molecule has 0 unspecified atom stereocenters. The third-order valence-electron chi connectivity index (χ3n) is 1.72. The Morgan fingerprint density at radius 3 is 1.86 bits per heavy atom. The largest absolute Gasteiger partial charge is 0.478 e. The van der Waals surface area contributed by atoms with E-state index in [1.54, 1.807) is 13.8 Å². The molecule has 0 saturated carbocycles. The van der Waals surface area contributed by atoms with Crippen LogP contribution in [0.4, 0.5) is 0 Å². The van der Waals surface area contributed by atoms with Crippen molar-refractivity contribution in [2.45, 2.75) is 20.8 Å². The maximum Gasteiger partial charge on any atom is 0.331 e. The molecule has 4 heteroatoms. The maximum absolute atomic E-state index is 10.7. The first-order valence-corrected chi connectivity index (χ1v) is 4.21. The highest BCUT2D eigenvalue weighted by Crippen LogP contribution is 2.10. The third kappa shape index (κ3) is 3.89. The normalized spacial score (nSPS) is 13.1. The van der Waals surface area contributed by atoms with Crippen molar-refractivity contribution in [1.29, 1.82) is 0 Å². The van der Waals surface area contributed by atoms with Gasteiger partial charge in [0.25, 0.3) is 0 Å². The summed E-state index contributed by atoms with van der Waals surface area (Å²) in [5.74, 6) is -2.20. The highest BCUT2D eigenvalue weighted by molar-refractivity contribution is 5.89. The molecule has 0 aromatic rings. The Morgan fingerprint density at radius 2 is 1.57 bits per heavy atom. The van der Waals surface area contributed by atoms with E-state index in [2.05, 4.69) is 0 Å². The molecule has 0 saturated heterocycles. The highest BCUT2D eigenvalue weighted by atomic mass is 16.4. The Labute approximate surface area is 82.6 Å². The van der Waals surface area contributed by atoms with Gasteiger partial charge in [0.2, 0.25) is 0 Å². The van der Waals surface area contributed by atoms with E-state index in [1.165, 1.54) is 19.1 Å². The zero-order valence-electron chi connectivity index (χ0n) is 8.44. The molecule has 0 bridgehead atoms. The summed E-state index contributed by atoms with van der Waals surface area (Å²) in [6.07, 6.45) is 2.63. The van der Waals surface area contributed by atoms with Crippen LogP contribution in [0.2, 0.25) is 0 Å². The summed E-state index contributed by atoms with van der Waals surface area (Å²) in [5, 5.41) is 17.3. The van der Waals surface area contributed by atoms with Gasteiger partial charge in [-0.15, -0.1) is 0 Å². The predicted molar refractivity (Wildman–Crippen MR) is 51.9 cm³/mol. The Hall–Kier alpha value is -1.58. The number of carboxylic acids is 2. The molecular formula is C10H14O4. The smallest absolute Gasteiger partial charge is 0.331 e. The average Bonchev–Trinajstić information content (AvgIpc) is 2.02. The molecule has 0 aliphatic heterocycles. The Morgan fingerprint density at radius 1 is 1.07 bits per heavy atom. The van der Waals surface area contributed by atoms with Crippen molar-refractivity contribution in [2.24, 2.45) is 5.92 Å². The minimum Gasteiger partial charge on any atom is -0.478 e. The summed E-state index contributed by atoms with van der Waals surface area (Å²) < 4.78 is 0. The molecule has 2 N–H and O–H groups in total. The van der Waals surface area contributed by atoms with Gasteiger partial charge in [0, 0.05) is 11.1 Å². The SMILES string of the molecule is CC(=CC=C(C(=O)O)C(C)C)C(=O)O. The molecule has 0 aliphatic carbocycles. The van der Waals surface area contributed by atoms with Crippen LogP contribution < -0.4 is 0 Å². The minimum atomic E-state index is -1.05. The van der Waals surface area contributed by atoms with Crippen molar-refractivity contribution >= 4 is 11.9 Å². The summed E-state index contributed by atoms with van der Waals surface area (Å²) in [5.41, 5.74) is 0.315. The first-order chi connectivity index (χ1) is 6.36. The molecule has 0 aromatic carbocycles. The van der Waals surface area contributed by atoms with Crippen LogP contribution in [-0.4, -0.2) is 22.2 Å². The lowest BCUT2D eigenvalue weighted by atomic mass is 10.0. The van der Waals surface area contributed by atoms with E-state index in [4.69, 9.17) is 10.2 Å². The summed E-state index contributed by atoms with van der Waals surface area (Å²) in [6, 6.07) is 0. The number of allylic oxidation sites excluding steroid dienone is 2. The van der Waals surface area contributed by atoms with Crippen LogP contribution >= 0.6 is 0 Å². The van der Waals surface area contributed by atoms with Gasteiger partial charge in [0.15, 0.2) is 0 Å². The second kappa shape index (κ2) is 5.21. The summed E-state index contributed by atoms with van der Waals surface area (Å²) >= 11 is 0. The van der Waals surface area contributed by atoms with Crippen molar-refractivity contribution in [1.82, 2.24) is 0 Å². The molecule has 0 spiro atoms. The average molecular weight is 198 g/mol. The Balaban J connectivity index is 4.86. The molecule has 4 nitrogen and oxygen atoms in total. The van der Waals surface area contributed by atoms with Gasteiger partial charge in [-0.3, -0.25) is 0 Å². The van der Waals surface area contributed by atoms with Crippen molar-refractivity contribution in [3.8, 4) is 0 Å². The van der Waals surface area contributed by atoms with Crippen LogP contribution in [-0.2, 0) is 9.59 Å². The fourth-order valence-electron chi connectivity index (χ4n) is 0.797. The lowest BCUT2D eigenvalue weighted by Gasteiger charge is -2.03. The molecule has 0 radical (unpaired) electrons. The van der Waals surface area contributed by atoms with Crippen molar-refractivity contribution < 1.29 is 19.8 Å². The quantitative estimate of drug-likeness (QED) is 0.532. The van der Waals surface area contributed by atoms with E-state index in [1.807, 2.05) is 0 Å². The number of carboxylic acid groups (broad SMARTS) is 2. The van der Waals surface area contributed by atoms with Gasteiger partial charge in [0.1, 0.15) is 0 Å². The van der Waals surface area contributed by atoms with E-state index in [0.29, 0.717) is 0 Å². The standard InChI is InChI=1S/C10H14O4/c1-6(2)8(10(13)14)5-4-7(3)9(11)12/h4-6H,1-3H3,(H,11,12)(H,13,14). The molecule has 0 atom stereocenters. The molecule has 0 amide bonds. The van der Waals surface area contributed by atoms with Crippen LogP contribution in [0.1, 0.15) is 20.8 Å². The van der Waals surface area contributed by atoms with E-state index in [0.717, 1.165) is 0 Å². The zero-order valence-corrected chi connectivity index (χ0v) is 8.44. The summed E-state index contributed by atoms with van der Waals surface area (Å²) in [4.78, 5) is 21.1. The van der Waals surface area contributed by atoms with Gasteiger partial charge >= 0.3 is 11.9 Å². The van der Waals surface area contributed by atoms with Crippen LogP contribution in [0.5, 0.6) is 0 Å². The molecule has 14 heavy (non-hydrogen) atoms. The van der Waals surface area contributed by atoms with Crippen molar-refractivity contribution in [3.63, 3.8) is 0 Å². The third-order valence-corrected chi connectivity index (χ3v) is 1.72. The van der Waals surface area contributed by atoms with Crippen LogP contribution in [0.15, 0.2) is 23.3 Å². The van der Waals surface area contributed by atoms with Crippen LogP contribution in [0.3, 0.4) is 0 Å². The van der Waals surface area contributed by atoms with E-state index in [-0.39, 0.29) is 17.1 Å².